The van der Waals surface area contributed by atoms with Gasteiger partial charge in [0.25, 0.3) is 0 Å². The van der Waals surface area contributed by atoms with Gasteiger partial charge in [-0.25, -0.2) is 4.79 Å². The van der Waals surface area contributed by atoms with Crippen LogP contribution >= 0.6 is 0 Å². The van der Waals surface area contributed by atoms with Crippen LogP contribution < -0.4 is 11.1 Å². The Hall–Kier alpha value is -1.07. The van der Waals surface area contributed by atoms with Gasteiger partial charge in [0, 0.05) is 19.6 Å². The second kappa shape index (κ2) is 7.50. The largest absolute Gasteiger partial charge is 0.444 e. The molecule has 1 heterocycles. The molecular weight excluding hydrogens is 242 g/mol. The highest BCUT2D eigenvalue weighted by Gasteiger charge is 2.23. The molecule has 3 N–H and O–H groups in total. The van der Waals surface area contributed by atoms with Gasteiger partial charge in [-0.05, 0) is 46.7 Å². The third kappa shape index (κ3) is 6.59. The molecule has 19 heavy (non-hydrogen) atoms. The zero-order valence-corrected chi connectivity index (χ0v) is 12.4. The predicted octanol–water partition coefficient (Wildman–Crippen LogP) is 1.49. The van der Waals surface area contributed by atoms with Crippen LogP contribution in [0, 0.1) is 0 Å². The molecule has 0 unspecified atom stereocenters. The SMILES string of the molecule is CC(C)(C)OC(=O)N1CC=C(CNCCCN)CC1. The van der Waals surface area contributed by atoms with E-state index in [0.717, 1.165) is 39.0 Å². The van der Waals surface area contributed by atoms with Crippen molar-refractivity contribution < 1.29 is 9.53 Å². The quantitative estimate of drug-likeness (QED) is 0.586. The molecule has 0 spiro atoms. The Morgan fingerprint density at radius 2 is 2.26 bits per heavy atom. The number of ether oxygens (including phenoxy) is 1. The maximum Gasteiger partial charge on any atom is 0.410 e. The lowest BCUT2D eigenvalue weighted by Crippen LogP contribution is -2.40. The van der Waals surface area contributed by atoms with Crippen LogP contribution in [0.2, 0.25) is 0 Å². The van der Waals surface area contributed by atoms with E-state index < -0.39 is 5.60 Å². The molecule has 1 aliphatic heterocycles. The third-order valence-electron chi connectivity index (χ3n) is 2.86. The van der Waals surface area contributed by atoms with Crippen molar-refractivity contribution in [2.75, 3.05) is 32.7 Å². The fourth-order valence-corrected chi connectivity index (χ4v) is 1.84. The second-order valence-electron chi connectivity index (χ2n) is 5.86. The Morgan fingerprint density at radius 3 is 2.79 bits per heavy atom. The lowest BCUT2D eigenvalue weighted by atomic mass is 10.1. The van der Waals surface area contributed by atoms with E-state index in [1.807, 2.05) is 20.8 Å². The average Bonchev–Trinajstić information content (AvgIpc) is 2.33. The number of hydrogen-bond acceptors (Lipinski definition) is 4. The highest BCUT2D eigenvalue weighted by Crippen LogP contribution is 2.14. The minimum absolute atomic E-state index is 0.223. The van der Waals surface area contributed by atoms with Crippen molar-refractivity contribution in [2.45, 2.75) is 39.2 Å². The van der Waals surface area contributed by atoms with Crippen molar-refractivity contribution in [1.29, 1.82) is 0 Å². The summed E-state index contributed by atoms with van der Waals surface area (Å²) in [5.41, 5.74) is 6.37. The molecule has 110 valence electrons. The number of nitrogens with zero attached hydrogens (tertiary/aromatic N) is 1. The van der Waals surface area contributed by atoms with Crippen LogP contribution in [0.5, 0.6) is 0 Å². The number of nitrogens with two attached hydrogens (primary N) is 1. The molecule has 0 aromatic rings. The number of carbonyl (C=O) groups excluding carboxylic acids is 1. The van der Waals surface area contributed by atoms with Crippen LogP contribution in [0.1, 0.15) is 33.6 Å². The molecule has 0 bridgehead atoms. The fourth-order valence-electron chi connectivity index (χ4n) is 1.84. The van der Waals surface area contributed by atoms with Gasteiger partial charge < -0.3 is 20.7 Å². The van der Waals surface area contributed by atoms with E-state index in [-0.39, 0.29) is 6.09 Å². The lowest BCUT2D eigenvalue weighted by Gasteiger charge is -2.29. The maximum absolute atomic E-state index is 11.9. The van der Waals surface area contributed by atoms with Crippen LogP contribution in [0.4, 0.5) is 4.79 Å². The van der Waals surface area contributed by atoms with Gasteiger partial charge in [-0.3, -0.25) is 0 Å². The molecule has 0 atom stereocenters. The normalized spacial score (nSPS) is 16.2. The molecule has 1 aliphatic rings. The van der Waals surface area contributed by atoms with E-state index in [9.17, 15) is 4.79 Å². The molecule has 5 nitrogen and oxygen atoms in total. The molecule has 1 amide bonds. The van der Waals surface area contributed by atoms with Crippen molar-refractivity contribution in [3.63, 3.8) is 0 Å². The van der Waals surface area contributed by atoms with E-state index >= 15 is 0 Å². The first-order chi connectivity index (χ1) is 8.92. The van der Waals surface area contributed by atoms with Crippen molar-refractivity contribution >= 4 is 6.09 Å². The smallest absolute Gasteiger partial charge is 0.410 e. The minimum atomic E-state index is -0.426. The van der Waals surface area contributed by atoms with E-state index in [1.54, 1.807) is 4.90 Å². The average molecular weight is 269 g/mol. The van der Waals surface area contributed by atoms with Crippen molar-refractivity contribution in [3.05, 3.63) is 11.6 Å². The summed E-state index contributed by atoms with van der Waals surface area (Å²) in [6, 6.07) is 0. The zero-order valence-electron chi connectivity index (χ0n) is 12.4. The Balaban J connectivity index is 2.30. The third-order valence-corrected chi connectivity index (χ3v) is 2.86. The number of carbonyl (C=O) groups is 1. The van der Waals surface area contributed by atoms with Gasteiger partial charge in [0.2, 0.25) is 0 Å². The van der Waals surface area contributed by atoms with E-state index in [4.69, 9.17) is 10.5 Å². The van der Waals surface area contributed by atoms with Crippen LogP contribution in [0.15, 0.2) is 11.6 Å². The van der Waals surface area contributed by atoms with Gasteiger partial charge in [0.1, 0.15) is 5.60 Å². The van der Waals surface area contributed by atoms with Crippen LogP contribution in [-0.4, -0.2) is 49.3 Å². The molecule has 0 saturated heterocycles. The molecule has 0 aliphatic carbocycles. The van der Waals surface area contributed by atoms with Gasteiger partial charge in [-0.1, -0.05) is 11.6 Å². The first-order valence-corrected chi connectivity index (χ1v) is 6.99. The van der Waals surface area contributed by atoms with Crippen molar-refractivity contribution in [2.24, 2.45) is 5.73 Å². The van der Waals surface area contributed by atoms with Crippen LogP contribution in [-0.2, 0) is 4.74 Å². The Morgan fingerprint density at radius 1 is 1.53 bits per heavy atom. The first kappa shape index (κ1) is 16.0. The minimum Gasteiger partial charge on any atom is -0.444 e. The fraction of sp³-hybridized carbons (Fsp3) is 0.786. The summed E-state index contributed by atoms with van der Waals surface area (Å²) in [5.74, 6) is 0. The van der Waals surface area contributed by atoms with Crippen LogP contribution in [0.3, 0.4) is 0 Å². The Kier molecular flexibility index (Phi) is 6.31. The van der Waals surface area contributed by atoms with E-state index in [1.165, 1.54) is 5.57 Å². The van der Waals surface area contributed by atoms with E-state index in [0.29, 0.717) is 6.54 Å². The summed E-state index contributed by atoms with van der Waals surface area (Å²) in [6.45, 7) is 9.60. The lowest BCUT2D eigenvalue weighted by molar-refractivity contribution is 0.0265. The summed E-state index contributed by atoms with van der Waals surface area (Å²) in [7, 11) is 0. The van der Waals surface area contributed by atoms with E-state index in [2.05, 4.69) is 11.4 Å². The molecular formula is C14H27N3O2. The molecule has 5 heteroatoms. The second-order valence-corrected chi connectivity index (χ2v) is 5.86. The number of amides is 1. The summed E-state index contributed by atoms with van der Waals surface area (Å²) in [5, 5.41) is 3.36. The molecule has 0 fully saturated rings. The number of nitrogens with one attached hydrogen (secondary N) is 1. The molecule has 0 saturated carbocycles. The summed E-state index contributed by atoms with van der Waals surface area (Å²) in [6.07, 6.45) is 3.80. The molecule has 0 aromatic carbocycles. The highest BCUT2D eigenvalue weighted by molar-refractivity contribution is 5.68. The molecule has 0 radical (unpaired) electrons. The van der Waals surface area contributed by atoms with Gasteiger partial charge in [0.05, 0.1) is 0 Å². The predicted molar refractivity (Wildman–Crippen MR) is 77.0 cm³/mol. The summed E-state index contributed by atoms with van der Waals surface area (Å²) < 4.78 is 5.35. The van der Waals surface area contributed by atoms with Gasteiger partial charge in [-0.15, -0.1) is 0 Å². The summed E-state index contributed by atoms with van der Waals surface area (Å²) in [4.78, 5) is 13.6. The van der Waals surface area contributed by atoms with Gasteiger partial charge in [0.15, 0.2) is 0 Å². The zero-order chi connectivity index (χ0) is 14.3. The molecule has 1 rings (SSSR count). The summed E-state index contributed by atoms with van der Waals surface area (Å²) >= 11 is 0. The molecule has 0 aromatic heterocycles. The number of hydrogen-bond donors (Lipinski definition) is 2. The monoisotopic (exact) mass is 269 g/mol. The Labute approximate surface area is 116 Å². The van der Waals surface area contributed by atoms with Crippen LogP contribution in [0.25, 0.3) is 0 Å². The number of rotatable bonds is 5. The maximum atomic E-state index is 11.9. The standard InChI is InChI=1S/C14H27N3O2/c1-14(2,3)19-13(18)17-9-5-12(6-10-17)11-16-8-4-7-15/h5,16H,4,6-11,15H2,1-3H3. The topological polar surface area (TPSA) is 67.6 Å². The van der Waals surface area contributed by atoms with Crippen molar-refractivity contribution in [1.82, 2.24) is 10.2 Å². The highest BCUT2D eigenvalue weighted by atomic mass is 16.6. The first-order valence-electron chi connectivity index (χ1n) is 6.99. The van der Waals surface area contributed by atoms with Crippen molar-refractivity contribution in [3.8, 4) is 0 Å². The Bertz CT molecular complexity index is 321. The van der Waals surface area contributed by atoms with Gasteiger partial charge >= 0.3 is 6.09 Å². The van der Waals surface area contributed by atoms with Gasteiger partial charge in [-0.2, -0.15) is 0 Å².